The minimum atomic E-state index is -4.89. The molecule has 8 heteroatoms. The van der Waals surface area contributed by atoms with Gasteiger partial charge < -0.3 is 24.9 Å². The Morgan fingerprint density at radius 3 is 0.935 bits per heavy atom. The Hall–Kier alpha value is 0.250. The Labute approximate surface area is 309 Å². The SMILES string of the molecule is C=C.CCCCCCCC/C=C\CCCCCCCCOCCCCCCCC/C=C\CCCCCCCC.O.O=P([O-])(O)O.[Na+]. The van der Waals surface area contributed by atoms with E-state index >= 15 is 0 Å². The van der Waals surface area contributed by atoms with Crippen molar-refractivity contribution in [3.63, 3.8) is 0 Å². The fourth-order valence-corrected chi connectivity index (χ4v) is 5.01. The number of hydrogen-bond donors (Lipinski definition) is 2. The molecule has 0 radical (unpaired) electrons. The molecule has 0 aromatic rings. The average Bonchev–Trinajstić information content (AvgIpc) is 2.99. The summed E-state index contributed by atoms with van der Waals surface area (Å²) in [7, 11) is -4.89. The van der Waals surface area contributed by atoms with Crippen molar-refractivity contribution in [3.05, 3.63) is 37.5 Å². The van der Waals surface area contributed by atoms with Crippen LogP contribution in [0, 0.1) is 0 Å². The first-order valence-electron chi connectivity index (χ1n) is 18.6. The summed E-state index contributed by atoms with van der Waals surface area (Å²) in [5.41, 5.74) is 0. The standard InChI is InChI=1S/C36H70O.C2H4.Na.H3O4P.H2O/c1-3-5-7-9-11-13-15-17-19-21-23-25-27-29-31-33-35-37-36-34-32-30-28-26-24-22-20-18-16-14-12-10-8-6-4-2;1-2;;1-5(2,3)4;/h17-20H,3-16,21-36H2,1-2H3;1-2H2;;(H3,1,2,3,4);1H2/q;;+1;;/p-1/b19-17-,20-18-;;;;. The molecule has 46 heavy (non-hydrogen) atoms. The van der Waals surface area contributed by atoms with Gasteiger partial charge in [-0.15, -0.1) is 13.2 Å². The first-order valence-corrected chi connectivity index (χ1v) is 20.1. The van der Waals surface area contributed by atoms with Crippen LogP contribution in [0.2, 0.25) is 0 Å². The molecule has 0 aromatic heterocycles. The molecule has 0 heterocycles. The van der Waals surface area contributed by atoms with Crippen molar-refractivity contribution < 1.29 is 59.0 Å². The van der Waals surface area contributed by atoms with Crippen LogP contribution in [0.5, 0.6) is 0 Å². The van der Waals surface area contributed by atoms with Gasteiger partial charge in [0, 0.05) is 13.2 Å². The number of rotatable bonds is 32. The largest absolute Gasteiger partial charge is 1.00 e. The molecule has 272 valence electrons. The summed E-state index contributed by atoms with van der Waals surface area (Å²) in [5.74, 6) is 0. The van der Waals surface area contributed by atoms with E-state index in [1.165, 1.54) is 180 Å². The summed E-state index contributed by atoms with van der Waals surface area (Å²) >= 11 is 0. The molecule has 0 bridgehead atoms. The summed E-state index contributed by atoms with van der Waals surface area (Å²) in [6, 6.07) is 0. The van der Waals surface area contributed by atoms with E-state index in [1.807, 2.05) is 0 Å². The number of ether oxygens (including phenoxy) is 1. The molecule has 6 nitrogen and oxygen atoms in total. The Kier molecular flexibility index (Phi) is 63.0. The van der Waals surface area contributed by atoms with Crippen LogP contribution in [0.4, 0.5) is 0 Å². The maximum absolute atomic E-state index is 8.77. The Balaban J connectivity index is -0.000000563. The van der Waals surface area contributed by atoms with E-state index in [9.17, 15) is 0 Å². The third-order valence-electron chi connectivity index (χ3n) is 7.60. The zero-order valence-electron chi connectivity index (χ0n) is 31.0. The molecule has 0 fully saturated rings. The molecule has 0 spiro atoms. The molecular formula is C38H78NaO6P. The van der Waals surface area contributed by atoms with E-state index in [1.54, 1.807) is 0 Å². The molecule has 0 aliphatic heterocycles. The molecule has 0 rings (SSSR count). The molecule has 0 amide bonds. The van der Waals surface area contributed by atoms with E-state index in [4.69, 9.17) is 24.0 Å². The van der Waals surface area contributed by atoms with Gasteiger partial charge in [0.05, 0.1) is 0 Å². The van der Waals surface area contributed by atoms with Gasteiger partial charge in [0.25, 0.3) is 7.82 Å². The van der Waals surface area contributed by atoms with Gasteiger partial charge in [0.15, 0.2) is 0 Å². The number of unbranched alkanes of at least 4 members (excludes halogenated alkanes) is 24. The van der Waals surface area contributed by atoms with Crippen LogP contribution >= 0.6 is 7.82 Å². The fourth-order valence-electron chi connectivity index (χ4n) is 5.01. The van der Waals surface area contributed by atoms with Crippen molar-refractivity contribution in [1.82, 2.24) is 0 Å². The van der Waals surface area contributed by atoms with Crippen LogP contribution in [0.1, 0.15) is 194 Å². The zero-order chi connectivity index (χ0) is 33.2. The van der Waals surface area contributed by atoms with Gasteiger partial charge >= 0.3 is 29.6 Å². The van der Waals surface area contributed by atoms with Crippen molar-refractivity contribution in [3.8, 4) is 0 Å². The van der Waals surface area contributed by atoms with E-state index in [0.29, 0.717) is 0 Å². The molecule has 0 saturated heterocycles. The first-order chi connectivity index (χ1) is 21.4. The molecule has 0 aliphatic rings. The smallest absolute Gasteiger partial charge is 0.756 e. The quantitative estimate of drug-likeness (QED) is 0.0319. The summed E-state index contributed by atoms with van der Waals surface area (Å²) < 4.78 is 14.6. The molecule has 0 aromatic carbocycles. The van der Waals surface area contributed by atoms with Crippen LogP contribution in [-0.2, 0) is 9.30 Å². The molecule has 4 N–H and O–H groups in total. The minimum absolute atomic E-state index is 0. The second-order valence-corrected chi connectivity index (χ2v) is 13.0. The van der Waals surface area contributed by atoms with E-state index in [0.717, 1.165) is 13.2 Å². The van der Waals surface area contributed by atoms with Crippen LogP contribution in [0.25, 0.3) is 0 Å². The molecule has 0 saturated carbocycles. The Morgan fingerprint density at radius 2 is 0.696 bits per heavy atom. The molecular weight excluding hydrogens is 606 g/mol. The normalized spacial score (nSPS) is 11.0. The van der Waals surface area contributed by atoms with Gasteiger partial charge in [0.2, 0.25) is 0 Å². The second-order valence-electron chi connectivity index (χ2n) is 12.0. The number of phosphoric acid groups is 1. The van der Waals surface area contributed by atoms with Gasteiger partial charge in [-0.1, -0.05) is 154 Å². The van der Waals surface area contributed by atoms with Crippen molar-refractivity contribution in [2.24, 2.45) is 0 Å². The Bertz CT molecular complexity index is 564. The third kappa shape index (κ3) is 70.6. The fraction of sp³-hybridized carbons (Fsp3) is 0.842. The van der Waals surface area contributed by atoms with E-state index < -0.39 is 7.82 Å². The molecule has 0 unspecified atom stereocenters. The van der Waals surface area contributed by atoms with Crippen LogP contribution in [-0.4, -0.2) is 28.5 Å². The zero-order valence-corrected chi connectivity index (χ0v) is 33.9. The summed E-state index contributed by atoms with van der Waals surface area (Å²) in [5, 5.41) is 0. The van der Waals surface area contributed by atoms with Crippen LogP contribution in [0.3, 0.4) is 0 Å². The maximum atomic E-state index is 8.77. The van der Waals surface area contributed by atoms with Crippen molar-refractivity contribution >= 4 is 7.82 Å². The predicted octanol–water partition coefficient (Wildman–Crippen LogP) is 8.50. The van der Waals surface area contributed by atoms with Gasteiger partial charge in [-0.25, -0.2) is 0 Å². The Morgan fingerprint density at radius 1 is 0.500 bits per heavy atom. The predicted molar refractivity (Wildman–Crippen MR) is 197 cm³/mol. The summed E-state index contributed by atoms with van der Waals surface area (Å²) in [6.07, 6.45) is 48.1. The first kappa shape index (κ1) is 55.7. The van der Waals surface area contributed by atoms with E-state index in [2.05, 4.69) is 51.3 Å². The van der Waals surface area contributed by atoms with E-state index in [-0.39, 0.29) is 35.0 Å². The number of hydrogen-bond acceptors (Lipinski definition) is 3. The van der Waals surface area contributed by atoms with Crippen LogP contribution in [0.15, 0.2) is 37.5 Å². The minimum Gasteiger partial charge on any atom is -0.756 e. The molecule has 0 atom stereocenters. The number of allylic oxidation sites excluding steroid dienone is 4. The monoisotopic (exact) mass is 685 g/mol. The van der Waals surface area contributed by atoms with Crippen LogP contribution < -0.4 is 34.5 Å². The van der Waals surface area contributed by atoms with Gasteiger partial charge in [0.1, 0.15) is 0 Å². The van der Waals surface area contributed by atoms with Crippen molar-refractivity contribution in [1.29, 1.82) is 0 Å². The maximum Gasteiger partial charge on any atom is 1.00 e. The topological polar surface area (TPSA) is 121 Å². The van der Waals surface area contributed by atoms with Crippen molar-refractivity contribution in [2.45, 2.75) is 194 Å². The summed E-state index contributed by atoms with van der Waals surface area (Å²) in [4.78, 5) is 22.9. The van der Waals surface area contributed by atoms with Gasteiger partial charge in [-0.2, -0.15) is 0 Å². The third-order valence-corrected chi connectivity index (χ3v) is 7.60. The van der Waals surface area contributed by atoms with Crippen molar-refractivity contribution in [2.75, 3.05) is 13.2 Å². The average molecular weight is 685 g/mol. The second kappa shape index (κ2) is 52.1. The van der Waals surface area contributed by atoms with Gasteiger partial charge in [-0.05, 0) is 64.2 Å². The molecule has 0 aliphatic carbocycles. The van der Waals surface area contributed by atoms with Gasteiger partial charge in [-0.3, -0.25) is 4.57 Å². The summed E-state index contributed by atoms with van der Waals surface area (Å²) in [6.45, 7) is 12.5.